The molecule has 2 nitrogen and oxygen atoms in total. The predicted octanol–water partition coefficient (Wildman–Crippen LogP) is 10.5. The van der Waals surface area contributed by atoms with Crippen molar-refractivity contribution in [1.29, 1.82) is 0 Å². The molecule has 2 N–H and O–H groups in total. The molecule has 2 aromatic carbocycles. The first kappa shape index (κ1) is 28.6. The molecule has 0 radical (unpaired) electrons. The Kier molecular flexibility index (Phi) is 12.7. The highest BCUT2D eigenvalue weighted by Crippen LogP contribution is 2.39. The summed E-state index contributed by atoms with van der Waals surface area (Å²) in [5.74, 6) is 4.18. The molecule has 0 bridgehead atoms. The van der Waals surface area contributed by atoms with Gasteiger partial charge >= 0.3 is 0 Å². The lowest BCUT2D eigenvalue weighted by molar-refractivity contribution is 0.302. The minimum atomic E-state index is 0.381. The largest absolute Gasteiger partial charge is 0.508 e. The quantitative estimate of drug-likeness (QED) is 0.324. The minimum Gasteiger partial charge on any atom is -0.508 e. The smallest absolute Gasteiger partial charge is 0.115 e. The first-order chi connectivity index (χ1) is 17.6. The highest BCUT2D eigenvalue weighted by Gasteiger charge is 2.23. The van der Waals surface area contributed by atoms with Crippen LogP contribution in [-0.4, -0.2) is 10.2 Å². The number of rotatable bonds is 10. The average Bonchev–Trinajstić information content (AvgIpc) is 2.91. The van der Waals surface area contributed by atoms with Crippen molar-refractivity contribution in [3.8, 4) is 11.5 Å². The van der Waals surface area contributed by atoms with E-state index in [4.69, 9.17) is 0 Å². The van der Waals surface area contributed by atoms with Crippen LogP contribution in [0.2, 0.25) is 0 Å². The van der Waals surface area contributed by atoms with Gasteiger partial charge in [-0.15, -0.1) is 0 Å². The fourth-order valence-corrected chi connectivity index (χ4v) is 6.43. The van der Waals surface area contributed by atoms with Gasteiger partial charge in [-0.05, 0) is 110 Å². The van der Waals surface area contributed by atoms with Gasteiger partial charge in [0.2, 0.25) is 0 Å². The first-order valence-electron chi connectivity index (χ1n) is 15.2. The average molecular weight is 493 g/mol. The van der Waals surface area contributed by atoms with E-state index in [1.807, 2.05) is 24.3 Å². The molecule has 0 aromatic heterocycles. The number of hydrogen-bond donors (Lipinski definition) is 2. The fraction of sp³-hybridized carbons (Fsp3) is 0.647. The van der Waals surface area contributed by atoms with Crippen LogP contribution < -0.4 is 0 Å². The summed E-state index contributed by atoms with van der Waals surface area (Å²) in [6, 6.07) is 15.7. The summed E-state index contributed by atoms with van der Waals surface area (Å²) in [5, 5.41) is 18.6. The lowest BCUT2D eigenvalue weighted by Crippen LogP contribution is -2.13. The summed E-state index contributed by atoms with van der Waals surface area (Å²) in [4.78, 5) is 0. The van der Waals surface area contributed by atoms with E-state index in [0.29, 0.717) is 11.5 Å². The third kappa shape index (κ3) is 9.83. The van der Waals surface area contributed by atoms with E-state index in [1.54, 1.807) is 0 Å². The maximum Gasteiger partial charge on any atom is 0.115 e. The lowest BCUT2D eigenvalue weighted by Gasteiger charge is -2.28. The molecule has 2 heteroatoms. The number of unbranched alkanes of at least 4 members (excludes halogenated alkanes) is 4. The van der Waals surface area contributed by atoms with Crippen molar-refractivity contribution in [1.82, 2.24) is 0 Å². The molecule has 0 spiro atoms. The fourth-order valence-electron chi connectivity index (χ4n) is 6.43. The van der Waals surface area contributed by atoms with E-state index >= 15 is 0 Å². The summed E-state index contributed by atoms with van der Waals surface area (Å²) in [7, 11) is 0. The molecule has 4 rings (SSSR count). The van der Waals surface area contributed by atoms with Gasteiger partial charge in [-0.3, -0.25) is 0 Å². The summed E-state index contributed by atoms with van der Waals surface area (Å²) in [5.41, 5.74) is 2.83. The molecule has 2 aliphatic rings. The Hall–Kier alpha value is -1.96. The molecule has 0 unspecified atom stereocenters. The van der Waals surface area contributed by atoms with Crippen LogP contribution in [0, 0.1) is 11.8 Å². The molecule has 0 atom stereocenters. The highest BCUT2D eigenvalue weighted by molar-refractivity contribution is 5.29. The summed E-state index contributed by atoms with van der Waals surface area (Å²) >= 11 is 0. The molecule has 2 aliphatic carbocycles. The molecule has 2 fully saturated rings. The second-order valence-electron chi connectivity index (χ2n) is 11.6. The van der Waals surface area contributed by atoms with Crippen LogP contribution >= 0.6 is 0 Å². The SMILES string of the molecule is CCCCCC1CCC(c2ccc(O)cc2)CC1.CCCCCC1CCC(c2ccc(O)cc2)CC1. The van der Waals surface area contributed by atoms with E-state index in [9.17, 15) is 10.2 Å². The molecule has 2 saturated carbocycles. The van der Waals surface area contributed by atoms with Gasteiger partial charge in [0.25, 0.3) is 0 Å². The number of benzene rings is 2. The zero-order valence-electron chi connectivity index (χ0n) is 23.1. The van der Waals surface area contributed by atoms with Crippen LogP contribution in [0.1, 0.15) is 140 Å². The summed E-state index contributed by atoms with van der Waals surface area (Å²) in [6.45, 7) is 4.56. The van der Waals surface area contributed by atoms with Crippen LogP contribution in [-0.2, 0) is 0 Å². The Bertz CT molecular complexity index is 738. The van der Waals surface area contributed by atoms with E-state index in [1.165, 1.54) is 114 Å². The maximum atomic E-state index is 9.32. The Morgan fingerprint density at radius 3 is 1.14 bits per heavy atom. The van der Waals surface area contributed by atoms with Gasteiger partial charge in [-0.2, -0.15) is 0 Å². The summed E-state index contributed by atoms with van der Waals surface area (Å²) in [6.07, 6.45) is 22.1. The molecule has 36 heavy (non-hydrogen) atoms. The Morgan fingerprint density at radius 2 is 0.833 bits per heavy atom. The molecule has 200 valence electrons. The van der Waals surface area contributed by atoms with E-state index < -0.39 is 0 Å². The van der Waals surface area contributed by atoms with Gasteiger partial charge in [0, 0.05) is 0 Å². The van der Waals surface area contributed by atoms with Gasteiger partial charge in [-0.1, -0.05) is 89.5 Å². The number of phenols is 2. The van der Waals surface area contributed by atoms with Gasteiger partial charge in [0.05, 0.1) is 0 Å². The molecular formula is C34H52O2. The van der Waals surface area contributed by atoms with Crippen LogP contribution in [0.25, 0.3) is 0 Å². The third-order valence-electron chi connectivity index (χ3n) is 8.85. The normalized spacial score (nSPS) is 24.1. The third-order valence-corrected chi connectivity index (χ3v) is 8.85. The van der Waals surface area contributed by atoms with Crippen LogP contribution in [0.3, 0.4) is 0 Å². The Labute approximate surface area is 221 Å². The van der Waals surface area contributed by atoms with Crippen molar-refractivity contribution >= 4 is 0 Å². The van der Waals surface area contributed by atoms with Gasteiger partial charge in [0.1, 0.15) is 11.5 Å². The monoisotopic (exact) mass is 492 g/mol. The highest BCUT2D eigenvalue weighted by atomic mass is 16.3. The van der Waals surface area contributed by atoms with Gasteiger partial charge in [-0.25, -0.2) is 0 Å². The maximum absolute atomic E-state index is 9.32. The van der Waals surface area contributed by atoms with Gasteiger partial charge in [0.15, 0.2) is 0 Å². The topological polar surface area (TPSA) is 40.5 Å². The Balaban J connectivity index is 0.000000201. The van der Waals surface area contributed by atoms with Crippen molar-refractivity contribution < 1.29 is 10.2 Å². The molecule has 0 aliphatic heterocycles. The van der Waals surface area contributed by atoms with Gasteiger partial charge < -0.3 is 10.2 Å². The van der Waals surface area contributed by atoms with Crippen molar-refractivity contribution in [3.63, 3.8) is 0 Å². The van der Waals surface area contributed by atoms with Crippen molar-refractivity contribution in [3.05, 3.63) is 59.7 Å². The van der Waals surface area contributed by atoms with Crippen molar-refractivity contribution in [2.75, 3.05) is 0 Å². The van der Waals surface area contributed by atoms with E-state index in [0.717, 1.165) is 23.7 Å². The second kappa shape index (κ2) is 16.0. The minimum absolute atomic E-state index is 0.381. The second-order valence-corrected chi connectivity index (χ2v) is 11.6. The first-order valence-corrected chi connectivity index (χ1v) is 15.2. The molecule has 0 heterocycles. The van der Waals surface area contributed by atoms with Crippen molar-refractivity contribution in [2.45, 2.75) is 128 Å². The molecule has 0 amide bonds. The predicted molar refractivity (Wildman–Crippen MR) is 154 cm³/mol. The molecule has 0 saturated heterocycles. The standard InChI is InChI=1S/2C17H26O/c2*1-2-3-4-5-14-6-8-15(9-7-14)16-10-12-17(18)13-11-16/h2*10-15,18H,2-9H2,1H3. The summed E-state index contributed by atoms with van der Waals surface area (Å²) < 4.78 is 0. The van der Waals surface area contributed by atoms with E-state index in [2.05, 4.69) is 38.1 Å². The Morgan fingerprint density at radius 1 is 0.500 bits per heavy atom. The van der Waals surface area contributed by atoms with Crippen LogP contribution in [0.5, 0.6) is 11.5 Å². The number of aromatic hydroxyl groups is 2. The molecule has 2 aromatic rings. The lowest BCUT2D eigenvalue weighted by atomic mass is 9.77. The van der Waals surface area contributed by atoms with Crippen LogP contribution in [0.15, 0.2) is 48.5 Å². The van der Waals surface area contributed by atoms with E-state index in [-0.39, 0.29) is 0 Å². The van der Waals surface area contributed by atoms with Crippen molar-refractivity contribution in [2.24, 2.45) is 11.8 Å². The zero-order chi connectivity index (χ0) is 25.6. The molecular weight excluding hydrogens is 440 g/mol. The number of phenolic OH excluding ortho intramolecular Hbond substituents is 2. The number of hydrogen-bond acceptors (Lipinski definition) is 2. The zero-order valence-corrected chi connectivity index (χ0v) is 23.1. The van der Waals surface area contributed by atoms with Crippen LogP contribution in [0.4, 0.5) is 0 Å².